The lowest BCUT2D eigenvalue weighted by Crippen LogP contribution is -2.08. The standard InChI is InChI=1S/C10H11ClN4O/c11-8-3-1-2-4-9(8)16-6-5-15-7-10(12)13-14-15/h1-4,7H,5-6,12H2. The van der Waals surface area contributed by atoms with E-state index in [2.05, 4.69) is 10.3 Å². The van der Waals surface area contributed by atoms with Crippen LogP contribution in [0.5, 0.6) is 5.75 Å². The second kappa shape index (κ2) is 4.85. The van der Waals surface area contributed by atoms with Crippen LogP contribution in [0.2, 0.25) is 5.02 Å². The van der Waals surface area contributed by atoms with E-state index in [1.165, 1.54) is 0 Å². The molecule has 6 heteroatoms. The SMILES string of the molecule is Nc1cn(CCOc2ccccc2Cl)nn1. The summed E-state index contributed by atoms with van der Waals surface area (Å²) in [7, 11) is 0. The molecule has 0 amide bonds. The minimum atomic E-state index is 0.401. The van der Waals surface area contributed by atoms with Gasteiger partial charge in [-0.15, -0.1) is 5.10 Å². The van der Waals surface area contributed by atoms with Gasteiger partial charge in [-0.1, -0.05) is 28.9 Å². The van der Waals surface area contributed by atoms with E-state index in [9.17, 15) is 0 Å². The maximum atomic E-state index is 5.93. The summed E-state index contributed by atoms with van der Waals surface area (Å²) in [6.45, 7) is 1.04. The van der Waals surface area contributed by atoms with Gasteiger partial charge in [0.05, 0.1) is 17.8 Å². The number of ether oxygens (including phenoxy) is 1. The maximum Gasteiger partial charge on any atom is 0.165 e. The van der Waals surface area contributed by atoms with Crippen LogP contribution in [0.15, 0.2) is 30.5 Å². The van der Waals surface area contributed by atoms with Crippen LogP contribution >= 0.6 is 11.6 Å². The van der Waals surface area contributed by atoms with Crippen molar-refractivity contribution in [1.82, 2.24) is 15.0 Å². The van der Waals surface area contributed by atoms with E-state index < -0.39 is 0 Å². The Kier molecular flexibility index (Phi) is 3.26. The molecule has 0 radical (unpaired) electrons. The number of nitrogens with zero attached hydrogens (tertiary/aromatic N) is 3. The Bertz CT molecular complexity index is 471. The molecule has 84 valence electrons. The van der Waals surface area contributed by atoms with Crippen LogP contribution in [0, 0.1) is 0 Å². The minimum Gasteiger partial charge on any atom is -0.490 e. The predicted molar refractivity (Wildman–Crippen MR) is 61.4 cm³/mol. The van der Waals surface area contributed by atoms with Crippen molar-refractivity contribution in [2.24, 2.45) is 0 Å². The highest BCUT2D eigenvalue weighted by molar-refractivity contribution is 6.32. The fourth-order valence-corrected chi connectivity index (χ4v) is 1.42. The van der Waals surface area contributed by atoms with Crippen LogP contribution in [0.3, 0.4) is 0 Å². The summed E-state index contributed by atoms with van der Waals surface area (Å²) in [4.78, 5) is 0. The molecule has 16 heavy (non-hydrogen) atoms. The molecular weight excluding hydrogens is 228 g/mol. The molecule has 0 atom stereocenters. The van der Waals surface area contributed by atoms with Gasteiger partial charge in [-0.05, 0) is 12.1 Å². The van der Waals surface area contributed by atoms with E-state index in [0.717, 1.165) is 0 Å². The van der Waals surface area contributed by atoms with Crippen molar-refractivity contribution in [1.29, 1.82) is 0 Å². The zero-order valence-electron chi connectivity index (χ0n) is 8.51. The third-order valence-corrected chi connectivity index (χ3v) is 2.28. The van der Waals surface area contributed by atoms with E-state index in [4.69, 9.17) is 22.1 Å². The molecule has 0 bridgehead atoms. The number of nitrogens with two attached hydrogens (primary N) is 1. The van der Waals surface area contributed by atoms with Crippen LogP contribution < -0.4 is 10.5 Å². The van der Waals surface area contributed by atoms with Crippen molar-refractivity contribution >= 4 is 17.4 Å². The van der Waals surface area contributed by atoms with Crippen LogP contribution in [0.4, 0.5) is 5.82 Å². The molecule has 1 heterocycles. The third-order valence-electron chi connectivity index (χ3n) is 1.97. The zero-order chi connectivity index (χ0) is 11.4. The second-order valence-electron chi connectivity index (χ2n) is 3.19. The van der Waals surface area contributed by atoms with Gasteiger partial charge in [0, 0.05) is 0 Å². The largest absolute Gasteiger partial charge is 0.490 e. The third kappa shape index (κ3) is 2.64. The molecule has 2 N–H and O–H groups in total. The van der Waals surface area contributed by atoms with Gasteiger partial charge in [0.2, 0.25) is 0 Å². The lowest BCUT2D eigenvalue weighted by Gasteiger charge is -2.06. The molecule has 0 aliphatic heterocycles. The van der Waals surface area contributed by atoms with Gasteiger partial charge < -0.3 is 10.5 Å². The lowest BCUT2D eigenvalue weighted by molar-refractivity contribution is 0.290. The van der Waals surface area contributed by atoms with E-state index in [1.807, 2.05) is 18.2 Å². The van der Waals surface area contributed by atoms with E-state index in [-0.39, 0.29) is 0 Å². The summed E-state index contributed by atoms with van der Waals surface area (Å²) in [6.07, 6.45) is 1.65. The fourth-order valence-electron chi connectivity index (χ4n) is 1.23. The Morgan fingerprint density at radius 3 is 2.88 bits per heavy atom. The van der Waals surface area contributed by atoms with Crippen LogP contribution in [0.25, 0.3) is 0 Å². The van der Waals surface area contributed by atoms with E-state index in [1.54, 1.807) is 16.9 Å². The van der Waals surface area contributed by atoms with Crippen molar-refractivity contribution in [3.05, 3.63) is 35.5 Å². The fraction of sp³-hybridized carbons (Fsp3) is 0.200. The van der Waals surface area contributed by atoms with Crippen LogP contribution in [-0.2, 0) is 6.54 Å². The number of hydrogen-bond acceptors (Lipinski definition) is 4. The molecule has 2 rings (SSSR count). The summed E-state index contributed by atoms with van der Waals surface area (Å²) < 4.78 is 7.11. The summed E-state index contributed by atoms with van der Waals surface area (Å²) in [5.74, 6) is 1.06. The normalized spacial score (nSPS) is 10.3. The van der Waals surface area contributed by atoms with E-state index in [0.29, 0.717) is 29.7 Å². The number of nitrogen functional groups attached to an aromatic ring is 1. The molecule has 1 aromatic heterocycles. The molecule has 0 saturated carbocycles. The Balaban J connectivity index is 1.87. The minimum absolute atomic E-state index is 0.401. The summed E-state index contributed by atoms with van der Waals surface area (Å²) in [6, 6.07) is 7.32. The number of anilines is 1. The maximum absolute atomic E-state index is 5.93. The smallest absolute Gasteiger partial charge is 0.165 e. The summed E-state index contributed by atoms with van der Waals surface area (Å²) >= 11 is 5.93. The lowest BCUT2D eigenvalue weighted by atomic mass is 10.3. The molecule has 1 aromatic carbocycles. The molecule has 0 unspecified atom stereocenters. The topological polar surface area (TPSA) is 66.0 Å². The molecule has 0 aliphatic rings. The molecule has 0 spiro atoms. The molecular formula is C10H11ClN4O. The van der Waals surface area contributed by atoms with Gasteiger partial charge in [0.15, 0.2) is 5.82 Å². The van der Waals surface area contributed by atoms with E-state index >= 15 is 0 Å². The highest BCUT2D eigenvalue weighted by Crippen LogP contribution is 2.22. The molecule has 2 aromatic rings. The van der Waals surface area contributed by atoms with Gasteiger partial charge in [-0.2, -0.15) is 0 Å². The first-order valence-electron chi connectivity index (χ1n) is 4.78. The van der Waals surface area contributed by atoms with Gasteiger partial charge in [-0.25, -0.2) is 4.68 Å². The Hall–Kier alpha value is -1.75. The first-order valence-corrected chi connectivity index (χ1v) is 5.16. The molecule has 0 aliphatic carbocycles. The number of para-hydroxylation sites is 1. The van der Waals surface area contributed by atoms with Gasteiger partial charge in [0.1, 0.15) is 12.4 Å². The Labute approximate surface area is 97.8 Å². The molecule has 0 fully saturated rings. The second-order valence-corrected chi connectivity index (χ2v) is 3.59. The Morgan fingerprint density at radius 2 is 2.19 bits per heavy atom. The summed E-state index contributed by atoms with van der Waals surface area (Å²) in [5, 5.41) is 8.06. The average molecular weight is 239 g/mol. The van der Waals surface area contributed by atoms with Crippen molar-refractivity contribution in [2.75, 3.05) is 12.3 Å². The Morgan fingerprint density at radius 1 is 1.38 bits per heavy atom. The van der Waals surface area contributed by atoms with Gasteiger partial charge in [0.25, 0.3) is 0 Å². The molecule has 0 saturated heterocycles. The van der Waals surface area contributed by atoms with Crippen molar-refractivity contribution in [3.63, 3.8) is 0 Å². The number of rotatable bonds is 4. The summed E-state index contributed by atoms with van der Waals surface area (Å²) in [5.41, 5.74) is 5.43. The zero-order valence-corrected chi connectivity index (χ0v) is 9.26. The average Bonchev–Trinajstić information content (AvgIpc) is 2.67. The first-order chi connectivity index (χ1) is 7.75. The van der Waals surface area contributed by atoms with Crippen molar-refractivity contribution < 1.29 is 4.74 Å². The monoisotopic (exact) mass is 238 g/mol. The quantitative estimate of drug-likeness (QED) is 0.879. The number of hydrogen-bond donors (Lipinski definition) is 1. The van der Waals surface area contributed by atoms with Gasteiger partial charge >= 0.3 is 0 Å². The first kappa shape index (κ1) is 10.8. The highest BCUT2D eigenvalue weighted by Gasteiger charge is 2.00. The van der Waals surface area contributed by atoms with Crippen LogP contribution in [0.1, 0.15) is 0 Å². The number of halogens is 1. The predicted octanol–water partition coefficient (Wildman–Crippen LogP) is 1.59. The highest BCUT2D eigenvalue weighted by atomic mass is 35.5. The number of benzene rings is 1. The molecule has 5 nitrogen and oxygen atoms in total. The van der Waals surface area contributed by atoms with Crippen LogP contribution in [-0.4, -0.2) is 21.6 Å². The van der Waals surface area contributed by atoms with Gasteiger partial charge in [-0.3, -0.25) is 0 Å². The van der Waals surface area contributed by atoms with Crippen molar-refractivity contribution in [2.45, 2.75) is 6.54 Å². The van der Waals surface area contributed by atoms with Crippen molar-refractivity contribution in [3.8, 4) is 5.75 Å². The number of aromatic nitrogens is 3.